The van der Waals surface area contributed by atoms with E-state index in [9.17, 15) is 4.79 Å². The summed E-state index contributed by atoms with van der Waals surface area (Å²) < 4.78 is 13.2. The monoisotopic (exact) mass is 416 g/mol. The third kappa shape index (κ3) is 4.32. The predicted octanol–water partition coefficient (Wildman–Crippen LogP) is 4.16. The predicted molar refractivity (Wildman–Crippen MR) is 117 cm³/mol. The molecular formula is C21H24N2O3S2. The van der Waals surface area contributed by atoms with Crippen LogP contribution in [0.2, 0.25) is 0 Å². The zero-order valence-electron chi connectivity index (χ0n) is 16.5. The molecule has 0 aliphatic carbocycles. The molecule has 3 rings (SSSR count). The van der Waals surface area contributed by atoms with Gasteiger partial charge in [-0.3, -0.25) is 9.69 Å². The molecule has 2 aromatic rings. The Balaban J connectivity index is 1.79. The molecule has 0 atom stereocenters. The first kappa shape index (κ1) is 20.6. The van der Waals surface area contributed by atoms with Gasteiger partial charge in [0.1, 0.15) is 10.1 Å². The van der Waals surface area contributed by atoms with Crippen LogP contribution in [0.4, 0.5) is 0 Å². The van der Waals surface area contributed by atoms with E-state index in [2.05, 4.69) is 24.5 Å². The number of aryl methyl sites for hydroxylation is 1. The molecule has 1 aromatic heterocycles. The summed E-state index contributed by atoms with van der Waals surface area (Å²) in [6.45, 7) is 6.03. The molecule has 0 N–H and O–H groups in total. The lowest BCUT2D eigenvalue weighted by Crippen LogP contribution is -2.27. The molecule has 0 spiro atoms. The molecule has 2 heterocycles. The number of amides is 1. The van der Waals surface area contributed by atoms with Crippen molar-refractivity contribution in [1.29, 1.82) is 0 Å². The van der Waals surface area contributed by atoms with Crippen LogP contribution in [0.5, 0.6) is 5.75 Å². The van der Waals surface area contributed by atoms with Gasteiger partial charge >= 0.3 is 0 Å². The second-order valence-corrected chi connectivity index (χ2v) is 8.26. The van der Waals surface area contributed by atoms with Gasteiger partial charge in [-0.05, 0) is 49.2 Å². The van der Waals surface area contributed by atoms with Crippen molar-refractivity contribution >= 4 is 40.3 Å². The minimum Gasteiger partial charge on any atom is -0.497 e. The second-order valence-electron chi connectivity index (χ2n) is 6.59. The fourth-order valence-corrected chi connectivity index (χ4v) is 4.44. The van der Waals surface area contributed by atoms with Crippen LogP contribution in [0.1, 0.15) is 22.5 Å². The molecule has 0 bridgehead atoms. The highest BCUT2D eigenvalue weighted by molar-refractivity contribution is 8.26. The smallest absolute Gasteiger partial charge is 0.266 e. The van der Waals surface area contributed by atoms with Crippen LogP contribution in [0.3, 0.4) is 0 Å². The van der Waals surface area contributed by atoms with E-state index in [-0.39, 0.29) is 5.91 Å². The summed E-state index contributed by atoms with van der Waals surface area (Å²) in [7, 11) is 3.33. The lowest BCUT2D eigenvalue weighted by atomic mass is 10.2. The number of nitrogens with zero attached hydrogens (tertiary/aromatic N) is 2. The highest BCUT2D eigenvalue weighted by Gasteiger charge is 2.32. The Bertz CT molecular complexity index is 916. The number of methoxy groups -OCH3 is 2. The Kier molecular flexibility index (Phi) is 6.59. The maximum Gasteiger partial charge on any atom is 0.266 e. The number of benzene rings is 1. The van der Waals surface area contributed by atoms with E-state index in [1.54, 1.807) is 19.1 Å². The highest BCUT2D eigenvalue weighted by Crippen LogP contribution is 2.34. The Morgan fingerprint density at radius 1 is 1.18 bits per heavy atom. The first-order valence-corrected chi connectivity index (χ1v) is 10.2. The van der Waals surface area contributed by atoms with Gasteiger partial charge in [0.05, 0.1) is 25.2 Å². The maximum atomic E-state index is 12.9. The minimum atomic E-state index is -0.0486. The molecule has 7 heteroatoms. The van der Waals surface area contributed by atoms with Crippen molar-refractivity contribution in [3.8, 4) is 5.75 Å². The number of thiocarbonyl (C=S) groups is 1. The van der Waals surface area contributed by atoms with Crippen LogP contribution in [0.25, 0.3) is 6.08 Å². The number of aromatic nitrogens is 1. The Labute approximate surface area is 175 Å². The maximum absolute atomic E-state index is 12.9. The summed E-state index contributed by atoms with van der Waals surface area (Å²) in [5.41, 5.74) is 4.32. The Morgan fingerprint density at radius 3 is 2.54 bits per heavy atom. The van der Waals surface area contributed by atoms with Crippen molar-refractivity contribution in [2.24, 2.45) is 0 Å². The van der Waals surface area contributed by atoms with Crippen molar-refractivity contribution in [2.75, 3.05) is 20.8 Å². The van der Waals surface area contributed by atoms with Crippen LogP contribution < -0.4 is 4.74 Å². The number of carbonyl (C=O) groups is 1. The van der Waals surface area contributed by atoms with Crippen LogP contribution in [0.15, 0.2) is 35.2 Å². The lowest BCUT2D eigenvalue weighted by Gasteiger charge is -2.14. The fourth-order valence-electron chi connectivity index (χ4n) is 3.19. The molecule has 0 unspecified atom stereocenters. The molecule has 0 radical (unpaired) electrons. The van der Waals surface area contributed by atoms with Crippen molar-refractivity contribution < 1.29 is 14.3 Å². The molecule has 5 nitrogen and oxygen atoms in total. The van der Waals surface area contributed by atoms with E-state index >= 15 is 0 Å². The molecule has 28 heavy (non-hydrogen) atoms. The number of ether oxygens (including phenoxy) is 2. The zero-order chi connectivity index (χ0) is 20.3. The van der Waals surface area contributed by atoms with Crippen LogP contribution >= 0.6 is 24.0 Å². The van der Waals surface area contributed by atoms with Crippen molar-refractivity contribution in [3.05, 3.63) is 57.8 Å². The first-order chi connectivity index (χ1) is 13.4. The third-order valence-electron chi connectivity index (χ3n) is 4.79. The minimum absolute atomic E-state index is 0.0486. The molecule has 1 aliphatic rings. The van der Waals surface area contributed by atoms with E-state index in [1.807, 2.05) is 30.3 Å². The lowest BCUT2D eigenvalue weighted by molar-refractivity contribution is -0.122. The average Bonchev–Trinajstić information content (AvgIpc) is 3.10. The van der Waals surface area contributed by atoms with Gasteiger partial charge in [-0.2, -0.15) is 0 Å². The van der Waals surface area contributed by atoms with Crippen molar-refractivity contribution in [3.63, 3.8) is 0 Å². The number of hydrogen-bond acceptors (Lipinski definition) is 5. The number of carbonyl (C=O) groups excluding carboxylic acids is 1. The third-order valence-corrected chi connectivity index (χ3v) is 6.17. The quantitative estimate of drug-likeness (QED) is 0.501. The molecule has 1 amide bonds. The summed E-state index contributed by atoms with van der Waals surface area (Å²) in [5.74, 6) is 0.741. The normalized spacial score (nSPS) is 15.7. The summed E-state index contributed by atoms with van der Waals surface area (Å²) in [4.78, 5) is 15.2. The summed E-state index contributed by atoms with van der Waals surface area (Å²) >= 11 is 6.82. The fraction of sp³-hybridized carbons (Fsp3) is 0.333. The van der Waals surface area contributed by atoms with E-state index in [1.165, 1.54) is 11.8 Å². The van der Waals surface area contributed by atoms with Crippen LogP contribution in [-0.4, -0.2) is 40.5 Å². The Hall–Kier alpha value is -2.09. The molecule has 148 valence electrons. The van der Waals surface area contributed by atoms with Gasteiger partial charge in [0.2, 0.25) is 0 Å². The van der Waals surface area contributed by atoms with Gasteiger partial charge in [0.25, 0.3) is 5.91 Å². The largest absolute Gasteiger partial charge is 0.497 e. The van der Waals surface area contributed by atoms with E-state index in [0.29, 0.717) is 22.4 Å². The van der Waals surface area contributed by atoms with Gasteiger partial charge in [0.15, 0.2) is 0 Å². The van der Waals surface area contributed by atoms with E-state index in [0.717, 1.165) is 34.8 Å². The zero-order valence-corrected chi connectivity index (χ0v) is 18.2. The SMILES string of the molecule is COCCn1c(C)cc(/C=C2\SC(=S)N(Cc3ccc(OC)cc3)C2=O)c1C. The van der Waals surface area contributed by atoms with Gasteiger partial charge in [-0.25, -0.2) is 0 Å². The summed E-state index contributed by atoms with van der Waals surface area (Å²) in [6.07, 6.45) is 1.94. The molecule has 1 aromatic carbocycles. The van der Waals surface area contributed by atoms with E-state index in [4.69, 9.17) is 21.7 Å². The number of hydrogen-bond donors (Lipinski definition) is 0. The topological polar surface area (TPSA) is 43.7 Å². The summed E-state index contributed by atoms with van der Waals surface area (Å²) in [5, 5.41) is 0. The number of rotatable bonds is 7. The Morgan fingerprint density at radius 2 is 1.89 bits per heavy atom. The molecule has 0 saturated carbocycles. The van der Waals surface area contributed by atoms with Crippen molar-refractivity contribution in [1.82, 2.24) is 9.47 Å². The first-order valence-electron chi connectivity index (χ1n) is 8.98. The summed E-state index contributed by atoms with van der Waals surface area (Å²) in [6, 6.07) is 9.77. The molecule has 1 fully saturated rings. The van der Waals surface area contributed by atoms with Crippen molar-refractivity contribution in [2.45, 2.75) is 26.9 Å². The highest BCUT2D eigenvalue weighted by atomic mass is 32.2. The van der Waals surface area contributed by atoms with Gasteiger partial charge in [-0.15, -0.1) is 0 Å². The van der Waals surface area contributed by atoms with Crippen LogP contribution in [0, 0.1) is 13.8 Å². The van der Waals surface area contributed by atoms with Gasteiger partial charge < -0.3 is 14.0 Å². The molecule has 1 aliphatic heterocycles. The van der Waals surface area contributed by atoms with Crippen LogP contribution in [-0.2, 0) is 22.6 Å². The second kappa shape index (κ2) is 8.94. The number of thioether (sulfide) groups is 1. The van der Waals surface area contributed by atoms with E-state index < -0.39 is 0 Å². The van der Waals surface area contributed by atoms with Gasteiger partial charge in [-0.1, -0.05) is 36.1 Å². The van der Waals surface area contributed by atoms with Gasteiger partial charge in [0, 0.05) is 25.0 Å². The molecule has 1 saturated heterocycles. The molecular weight excluding hydrogens is 392 g/mol. The average molecular weight is 417 g/mol. The standard InChI is InChI=1S/C21H24N2O3S2/c1-14-11-17(15(2)22(14)9-10-25-3)12-19-20(24)23(21(27)28-19)13-16-5-7-18(26-4)8-6-16/h5-8,11-12H,9-10,13H2,1-4H3/b19-12-.